The Morgan fingerprint density at radius 3 is 2.79 bits per heavy atom. The lowest BCUT2D eigenvalue weighted by Crippen LogP contribution is -2.13. The Labute approximate surface area is 85.6 Å². The summed E-state index contributed by atoms with van der Waals surface area (Å²) in [7, 11) is 0. The Hall–Kier alpha value is -1.42. The van der Waals surface area contributed by atoms with Gasteiger partial charge in [0, 0.05) is 0 Å². The summed E-state index contributed by atoms with van der Waals surface area (Å²) in [5.74, 6) is -0.404. The number of hydrogen-bond donors (Lipinski definition) is 1. The summed E-state index contributed by atoms with van der Waals surface area (Å²) in [6.07, 6.45) is 0. The molecule has 0 aliphatic rings. The van der Waals surface area contributed by atoms with Gasteiger partial charge in [-0.1, -0.05) is 6.07 Å². The highest BCUT2D eigenvalue weighted by Crippen LogP contribution is 2.26. The number of amides is 1. The molecule has 1 aromatic carbocycles. The molecule has 0 unspecified atom stereocenters. The molecule has 0 atom stereocenters. The van der Waals surface area contributed by atoms with E-state index in [0.717, 1.165) is 20.8 Å². The molecule has 0 aliphatic carbocycles. The zero-order valence-corrected chi connectivity index (χ0v) is 8.81. The molecule has 0 fully saturated rings. The van der Waals surface area contributed by atoms with E-state index in [1.165, 1.54) is 0 Å². The number of nitrogens with zero attached hydrogens (tertiary/aromatic N) is 1. The van der Waals surface area contributed by atoms with Gasteiger partial charge in [0.2, 0.25) is 0 Å². The third-order valence-corrected chi connectivity index (χ3v) is 3.06. The molecule has 0 bridgehead atoms. The molecule has 2 N–H and O–H groups in total. The first-order valence-electron chi connectivity index (χ1n) is 4.26. The number of aryl methyl sites for hydroxylation is 2. The monoisotopic (exact) mass is 206 g/mol. The van der Waals surface area contributed by atoms with E-state index in [-0.39, 0.29) is 0 Å². The molecule has 1 heterocycles. The SMILES string of the molecule is Cc1nc2c(C(N)=O)c(C)ccc2s1. The van der Waals surface area contributed by atoms with Crippen LogP contribution in [-0.2, 0) is 0 Å². The highest BCUT2D eigenvalue weighted by atomic mass is 32.1. The highest BCUT2D eigenvalue weighted by molar-refractivity contribution is 7.18. The van der Waals surface area contributed by atoms with Crippen LogP contribution in [0.5, 0.6) is 0 Å². The topological polar surface area (TPSA) is 56.0 Å². The molecule has 72 valence electrons. The molecule has 0 saturated carbocycles. The van der Waals surface area contributed by atoms with E-state index in [9.17, 15) is 4.79 Å². The van der Waals surface area contributed by atoms with Crippen LogP contribution in [-0.4, -0.2) is 10.9 Å². The maximum atomic E-state index is 11.2. The van der Waals surface area contributed by atoms with Crippen LogP contribution in [0.3, 0.4) is 0 Å². The number of carbonyl (C=O) groups is 1. The Morgan fingerprint density at radius 2 is 2.14 bits per heavy atom. The van der Waals surface area contributed by atoms with Crippen molar-refractivity contribution in [2.45, 2.75) is 13.8 Å². The Kier molecular flexibility index (Phi) is 2.00. The van der Waals surface area contributed by atoms with Crippen LogP contribution in [0.4, 0.5) is 0 Å². The zero-order valence-electron chi connectivity index (χ0n) is 8.00. The molecule has 2 rings (SSSR count). The lowest BCUT2D eigenvalue weighted by molar-refractivity contribution is 0.100. The van der Waals surface area contributed by atoms with Crippen molar-refractivity contribution in [2.24, 2.45) is 5.73 Å². The summed E-state index contributed by atoms with van der Waals surface area (Å²) < 4.78 is 1.02. The van der Waals surface area contributed by atoms with Gasteiger partial charge in [0.05, 0.1) is 20.8 Å². The van der Waals surface area contributed by atoms with E-state index in [1.54, 1.807) is 11.3 Å². The van der Waals surface area contributed by atoms with Crippen molar-refractivity contribution in [3.63, 3.8) is 0 Å². The molecular weight excluding hydrogens is 196 g/mol. The summed E-state index contributed by atoms with van der Waals surface area (Å²) in [4.78, 5) is 15.5. The molecular formula is C10H10N2OS. The smallest absolute Gasteiger partial charge is 0.251 e. The third-order valence-electron chi connectivity index (χ3n) is 2.12. The van der Waals surface area contributed by atoms with Crippen molar-refractivity contribution in [3.05, 3.63) is 28.3 Å². The molecule has 0 spiro atoms. The van der Waals surface area contributed by atoms with Gasteiger partial charge in [0.15, 0.2) is 0 Å². The molecule has 14 heavy (non-hydrogen) atoms. The van der Waals surface area contributed by atoms with E-state index < -0.39 is 5.91 Å². The molecule has 2 aromatic rings. The Morgan fingerprint density at radius 1 is 1.43 bits per heavy atom. The van der Waals surface area contributed by atoms with Gasteiger partial charge in [-0.05, 0) is 25.5 Å². The number of hydrogen-bond acceptors (Lipinski definition) is 3. The summed E-state index contributed by atoms with van der Waals surface area (Å²) in [6.45, 7) is 3.79. The maximum absolute atomic E-state index is 11.2. The van der Waals surface area contributed by atoms with E-state index in [1.807, 2.05) is 26.0 Å². The maximum Gasteiger partial charge on any atom is 0.251 e. The van der Waals surface area contributed by atoms with Crippen LogP contribution in [0.2, 0.25) is 0 Å². The number of rotatable bonds is 1. The Balaban J connectivity index is 2.88. The summed E-state index contributed by atoms with van der Waals surface area (Å²) in [6, 6.07) is 3.88. The fourth-order valence-electron chi connectivity index (χ4n) is 1.52. The number of fused-ring (bicyclic) bond motifs is 1. The summed E-state index contributed by atoms with van der Waals surface area (Å²) in [5.41, 5.74) is 7.48. The highest BCUT2D eigenvalue weighted by Gasteiger charge is 2.12. The van der Waals surface area contributed by atoms with Crippen molar-refractivity contribution in [2.75, 3.05) is 0 Å². The first-order chi connectivity index (χ1) is 6.59. The van der Waals surface area contributed by atoms with Gasteiger partial charge in [0.25, 0.3) is 5.91 Å². The van der Waals surface area contributed by atoms with Crippen molar-refractivity contribution < 1.29 is 4.79 Å². The van der Waals surface area contributed by atoms with Crippen molar-refractivity contribution in [1.82, 2.24) is 4.98 Å². The Bertz CT molecular complexity index is 516. The number of benzene rings is 1. The molecule has 0 radical (unpaired) electrons. The second-order valence-corrected chi connectivity index (χ2v) is 4.44. The predicted molar refractivity (Wildman–Crippen MR) is 57.6 cm³/mol. The van der Waals surface area contributed by atoms with E-state index in [2.05, 4.69) is 4.98 Å². The fourth-order valence-corrected chi connectivity index (χ4v) is 2.35. The van der Waals surface area contributed by atoms with E-state index >= 15 is 0 Å². The normalized spacial score (nSPS) is 10.7. The lowest BCUT2D eigenvalue weighted by atomic mass is 10.1. The standard InChI is InChI=1S/C10H10N2OS/c1-5-3-4-7-9(8(5)10(11)13)12-6(2)14-7/h3-4H,1-2H3,(H2,11,13). The molecule has 1 aromatic heterocycles. The van der Waals surface area contributed by atoms with Gasteiger partial charge in [-0.2, -0.15) is 0 Å². The molecule has 0 aliphatic heterocycles. The average molecular weight is 206 g/mol. The van der Waals surface area contributed by atoms with Gasteiger partial charge in [-0.3, -0.25) is 4.79 Å². The fraction of sp³-hybridized carbons (Fsp3) is 0.200. The van der Waals surface area contributed by atoms with Gasteiger partial charge in [-0.15, -0.1) is 11.3 Å². The number of carbonyl (C=O) groups excluding carboxylic acids is 1. The third kappa shape index (κ3) is 1.28. The number of primary amides is 1. The second-order valence-electron chi connectivity index (χ2n) is 3.20. The van der Waals surface area contributed by atoms with E-state index in [0.29, 0.717) is 5.56 Å². The molecule has 4 heteroatoms. The largest absolute Gasteiger partial charge is 0.366 e. The van der Waals surface area contributed by atoms with E-state index in [4.69, 9.17) is 5.73 Å². The average Bonchev–Trinajstić information content (AvgIpc) is 2.43. The lowest BCUT2D eigenvalue weighted by Gasteiger charge is -2.00. The second kappa shape index (κ2) is 3.06. The molecule has 1 amide bonds. The first kappa shape index (κ1) is 9.15. The van der Waals surface area contributed by atoms with Crippen molar-refractivity contribution >= 4 is 27.5 Å². The van der Waals surface area contributed by atoms with Gasteiger partial charge in [0.1, 0.15) is 0 Å². The number of aromatic nitrogens is 1. The van der Waals surface area contributed by atoms with Crippen LogP contribution in [0.25, 0.3) is 10.2 Å². The number of thiazole rings is 1. The van der Waals surface area contributed by atoms with Crippen molar-refractivity contribution in [3.8, 4) is 0 Å². The van der Waals surface area contributed by atoms with Crippen molar-refractivity contribution in [1.29, 1.82) is 0 Å². The zero-order chi connectivity index (χ0) is 10.3. The minimum atomic E-state index is -0.404. The summed E-state index contributed by atoms with van der Waals surface area (Å²) >= 11 is 1.57. The quantitative estimate of drug-likeness (QED) is 0.776. The van der Waals surface area contributed by atoms with Crippen LogP contribution in [0, 0.1) is 13.8 Å². The molecule has 3 nitrogen and oxygen atoms in total. The predicted octanol–water partition coefficient (Wildman–Crippen LogP) is 2.01. The van der Waals surface area contributed by atoms with Gasteiger partial charge < -0.3 is 5.73 Å². The van der Waals surface area contributed by atoms with Crippen LogP contribution < -0.4 is 5.73 Å². The van der Waals surface area contributed by atoms with Gasteiger partial charge in [-0.25, -0.2) is 4.98 Å². The number of nitrogens with two attached hydrogens (primary N) is 1. The minimum Gasteiger partial charge on any atom is -0.366 e. The molecule has 0 saturated heterocycles. The minimum absolute atomic E-state index is 0.404. The first-order valence-corrected chi connectivity index (χ1v) is 5.08. The van der Waals surface area contributed by atoms with Crippen LogP contribution >= 0.6 is 11.3 Å². The van der Waals surface area contributed by atoms with Gasteiger partial charge >= 0.3 is 0 Å². The van der Waals surface area contributed by atoms with Crippen LogP contribution in [0.1, 0.15) is 20.9 Å². The van der Waals surface area contributed by atoms with Crippen LogP contribution in [0.15, 0.2) is 12.1 Å². The summed E-state index contributed by atoms with van der Waals surface area (Å²) in [5, 5.41) is 0.952.